The molecule has 0 aliphatic heterocycles. The lowest BCUT2D eigenvalue weighted by molar-refractivity contribution is 0.928. The summed E-state index contributed by atoms with van der Waals surface area (Å²) in [4.78, 5) is 9.58. The van der Waals surface area contributed by atoms with Crippen molar-refractivity contribution >= 4 is 24.9 Å². The molecule has 0 aliphatic carbocycles. The molecule has 1 aromatic heterocycles. The van der Waals surface area contributed by atoms with Crippen molar-refractivity contribution in [1.82, 2.24) is 9.97 Å². The summed E-state index contributed by atoms with van der Waals surface area (Å²) in [6.45, 7) is 19.5. The van der Waals surface area contributed by atoms with Gasteiger partial charge in [-0.1, -0.05) is 52.4 Å². The molecule has 0 amide bonds. The Morgan fingerprint density at radius 3 is 2.00 bits per heavy atom. The van der Waals surface area contributed by atoms with Crippen molar-refractivity contribution < 1.29 is 0 Å². The van der Waals surface area contributed by atoms with Gasteiger partial charge in [0.25, 0.3) is 0 Å². The smallest absolute Gasteiger partial charge is 0.126 e. The highest BCUT2D eigenvalue weighted by molar-refractivity contribution is 6.96. The first kappa shape index (κ1) is 16.8. The molecule has 5 heteroatoms. The van der Waals surface area contributed by atoms with Gasteiger partial charge in [-0.2, -0.15) is 0 Å². The van der Waals surface area contributed by atoms with Crippen molar-refractivity contribution in [2.75, 3.05) is 0 Å². The summed E-state index contributed by atoms with van der Waals surface area (Å²) in [5, 5.41) is 0.643. The first-order valence-corrected chi connectivity index (χ1v) is 17.0. The summed E-state index contributed by atoms with van der Waals surface area (Å²) in [6.07, 6.45) is 1.98. The summed E-state index contributed by atoms with van der Waals surface area (Å²) < 4.78 is 0. The fourth-order valence-electron chi connectivity index (χ4n) is 3.09. The molecule has 2 nitrogen and oxygen atoms in total. The molecule has 1 heterocycles. The SMILES string of the molecule is C[Si](C)Cc1ccnc(C([Si](C)(C)C)[Si](C)(C)C)n1. The zero-order valence-electron chi connectivity index (χ0n) is 13.8. The Hall–Kier alpha value is -0.269. The first-order valence-electron chi connectivity index (χ1n) is 7.12. The fraction of sp³-hybridized carbons (Fsp3) is 0.714. The van der Waals surface area contributed by atoms with Crippen LogP contribution in [-0.2, 0) is 6.04 Å². The molecule has 0 fully saturated rings. The quantitative estimate of drug-likeness (QED) is 0.764. The minimum atomic E-state index is -1.28. The fourth-order valence-corrected chi connectivity index (χ4v) is 16.2. The van der Waals surface area contributed by atoms with Crippen molar-refractivity contribution in [3.8, 4) is 0 Å². The summed E-state index contributed by atoms with van der Waals surface area (Å²) >= 11 is 0. The zero-order valence-corrected chi connectivity index (χ0v) is 16.8. The number of nitrogens with zero attached hydrogens (tertiary/aromatic N) is 2. The third-order valence-electron chi connectivity index (χ3n) is 3.26. The van der Waals surface area contributed by atoms with Gasteiger partial charge in [-0.3, -0.25) is 0 Å². The van der Waals surface area contributed by atoms with Gasteiger partial charge in [0.2, 0.25) is 0 Å². The Balaban J connectivity index is 3.17. The lowest BCUT2D eigenvalue weighted by atomic mass is 10.4. The van der Waals surface area contributed by atoms with Gasteiger partial charge in [-0.05, 0) is 12.1 Å². The Kier molecular flexibility index (Phi) is 5.31. The second-order valence-corrected chi connectivity index (χ2v) is 21.9. The van der Waals surface area contributed by atoms with E-state index in [2.05, 4.69) is 63.4 Å². The van der Waals surface area contributed by atoms with E-state index in [1.54, 1.807) is 0 Å². The molecule has 0 saturated carbocycles. The van der Waals surface area contributed by atoms with Gasteiger partial charge in [-0.25, -0.2) is 9.97 Å². The van der Waals surface area contributed by atoms with Crippen molar-refractivity contribution in [3.05, 3.63) is 23.8 Å². The van der Waals surface area contributed by atoms with Gasteiger partial charge in [0.1, 0.15) is 5.82 Å². The minimum Gasteiger partial charge on any atom is -0.242 e. The molecule has 1 radical (unpaired) electrons. The van der Waals surface area contributed by atoms with Crippen molar-refractivity contribution in [1.29, 1.82) is 0 Å². The lowest BCUT2D eigenvalue weighted by Crippen LogP contribution is -2.47. The Labute approximate surface area is 122 Å². The molecule has 0 spiro atoms. The van der Waals surface area contributed by atoms with Crippen molar-refractivity contribution in [2.45, 2.75) is 63.6 Å². The number of hydrogen-bond acceptors (Lipinski definition) is 2. The number of rotatable bonds is 5. The topological polar surface area (TPSA) is 25.8 Å². The maximum atomic E-state index is 4.93. The lowest BCUT2D eigenvalue weighted by Gasteiger charge is -2.37. The average molecular weight is 310 g/mol. The molecule has 0 unspecified atom stereocenters. The molecular weight excluding hydrogens is 280 g/mol. The van der Waals surface area contributed by atoms with E-state index in [1.807, 2.05) is 6.20 Å². The third kappa shape index (κ3) is 4.96. The molecular formula is C14H29N2Si3. The largest absolute Gasteiger partial charge is 0.242 e. The predicted molar refractivity (Wildman–Crippen MR) is 92.7 cm³/mol. The van der Waals surface area contributed by atoms with E-state index in [9.17, 15) is 0 Å². The van der Waals surface area contributed by atoms with Crippen LogP contribution in [0.5, 0.6) is 0 Å². The highest BCUT2D eigenvalue weighted by atomic mass is 28.4. The first-order chi connectivity index (χ1) is 8.51. The molecule has 0 aromatic carbocycles. The van der Waals surface area contributed by atoms with Gasteiger partial charge >= 0.3 is 0 Å². The Bertz CT molecular complexity index is 405. The van der Waals surface area contributed by atoms with E-state index in [0.717, 1.165) is 11.9 Å². The van der Waals surface area contributed by atoms with E-state index >= 15 is 0 Å². The van der Waals surface area contributed by atoms with Crippen LogP contribution in [0.1, 0.15) is 16.7 Å². The monoisotopic (exact) mass is 309 g/mol. The van der Waals surface area contributed by atoms with Gasteiger partial charge in [0, 0.05) is 25.9 Å². The van der Waals surface area contributed by atoms with Gasteiger partial charge in [0.15, 0.2) is 0 Å². The molecule has 1 rings (SSSR count). The Morgan fingerprint density at radius 2 is 1.58 bits per heavy atom. The molecule has 1 aromatic rings. The average Bonchev–Trinajstić information content (AvgIpc) is 2.11. The molecule has 0 N–H and O–H groups in total. The van der Waals surface area contributed by atoms with E-state index in [-0.39, 0.29) is 8.80 Å². The predicted octanol–water partition coefficient (Wildman–Crippen LogP) is 4.15. The van der Waals surface area contributed by atoms with Crippen molar-refractivity contribution in [3.63, 3.8) is 0 Å². The van der Waals surface area contributed by atoms with Crippen LogP contribution in [0.15, 0.2) is 12.3 Å². The van der Waals surface area contributed by atoms with Crippen LogP contribution >= 0.6 is 0 Å². The molecule has 107 valence electrons. The molecule has 0 aliphatic rings. The third-order valence-corrected chi connectivity index (χ3v) is 13.5. The maximum absolute atomic E-state index is 4.93. The Morgan fingerprint density at radius 1 is 1.05 bits per heavy atom. The standard InChI is InChI=1S/C14H29N2Si3/c1-17(2)11-12-9-10-15-13(16-12)14(18(3,4)5)19(6,7)8/h9-10,14H,11H2,1-8H3. The number of aromatic nitrogens is 2. The van der Waals surface area contributed by atoms with E-state index in [4.69, 9.17) is 4.98 Å². The van der Waals surface area contributed by atoms with Crippen LogP contribution in [0.4, 0.5) is 0 Å². The normalized spacial score (nSPS) is 13.4. The molecule has 0 atom stereocenters. The highest BCUT2D eigenvalue weighted by Crippen LogP contribution is 2.33. The second kappa shape index (κ2) is 6.01. The second-order valence-electron chi connectivity index (χ2n) is 7.96. The van der Waals surface area contributed by atoms with Crippen LogP contribution in [0.3, 0.4) is 0 Å². The van der Waals surface area contributed by atoms with Gasteiger partial charge in [-0.15, -0.1) is 0 Å². The van der Waals surface area contributed by atoms with Crippen LogP contribution in [0, 0.1) is 0 Å². The maximum Gasteiger partial charge on any atom is 0.126 e. The molecule has 0 bridgehead atoms. The summed E-state index contributed by atoms with van der Waals surface area (Å²) in [5.74, 6) is 1.14. The molecule has 0 saturated heterocycles. The van der Waals surface area contributed by atoms with Crippen LogP contribution in [0.25, 0.3) is 0 Å². The summed E-state index contributed by atoms with van der Waals surface area (Å²) in [6, 6.07) is 3.26. The van der Waals surface area contributed by atoms with Crippen LogP contribution in [-0.4, -0.2) is 34.9 Å². The van der Waals surface area contributed by atoms with Gasteiger partial charge < -0.3 is 0 Å². The minimum absolute atomic E-state index is 0.266. The van der Waals surface area contributed by atoms with Gasteiger partial charge in [0.05, 0.1) is 16.1 Å². The zero-order chi connectivity index (χ0) is 14.8. The van der Waals surface area contributed by atoms with Crippen LogP contribution < -0.4 is 0 Å². The summed E-state index contributed by atoms with van der Waals surface area (Å²) in [5.41, 5.74) is 1.25. The van der Waals surface area contributed by atoms with E-state index in [1.165, 1.54) is 5.69 Å². The summed E-state index contributed by atoms with van der Waals surface area (Å²) in [7, 11) is -2.83. The highest BCUT2D eigenvalue weighted by Gasteiger charge is 2.40. The molecule has 19 heavy (non-hydrogen) atoms. The van der Waals surface area contributed by atoms with Crippen LogP contribution in [0.2, 0.25) is 52.4 Å². The number of hydrogen-bond donors (Lipinski definition) is 0. The van der Waals surface area contributed by atoms with E-state index in [0.29, 0.717) is 5.16 Å². The van der Waals surface area contributed by atoms with Crippen molar-refractivity contribution in [2.24, 2.45) is 0 Å². The van der Waals surface area contributed by atoms with E-state index < -0.39 is 16.1 Å².